The number of anilines is 1. The van der Waals surface area contributed by atoms with Gasteiger partial charge in [-0.05, 0) is 63.4 Å². The highest BCUT2D eigenvalue weighted by Gasteiger charge is 2.40. The molecule has 2 amide bonds. The van der Waals surface area contributed by atoms with E-state index in [1.165, 1.54) is 0 Å². The highest BCUT2D eigenvalue weighted by Crippen LogP contribution is 2.32. The second-order valence-electron chi connectivity index (χ2n) is 7.09. The van der Waals surface area contributed by atoms with Gasteiger partial charge in [0.1, 0.15) is 5.92 Å². The molecule has 2 saturated heterocycles. The number of amides is 2. The van der Waals surface area contributed by atoms with Crippen molar-refractivity contribution in [3.63, 3.8) is 0 Å². The molecule has 2 aliphatic rings. The van der Waals surface area contributed by atoms with Crippen molar-refractivity contribution in [1.29, 1.82) is 0 Å². The zero-order valence-electron chi connectivity index (χ0n) is 15.4. The number of halogens is 3. The molecule has 1 unspecified atom stereocenters. The van der Waals surface area contributed by atoms with E-state index < -0.39 is 5.92 Å². The molecule has 3 rings (SSSR count). The number of hydrogen-bond acceptors (Lipinski definition) is 3. The van der Waals surface area contributed by atoms with Gasteiger partial charge in [0, 0.05) is 25.3 Å². The maximum atomic E-state index is 12.8. The number of piperidine rings is 1. The Morgan fingerprint density at radius 3 is 2.48 bits per heavy atom. The predicted octanol–water partition coefficient (Wildman–Crippen LogP) is 3.62. The number of likely N-dealkylation sites (tertiary alicyclic amines) is 1. The van der Waals surface area contributed by atoms with Crippen molar-refractivity contribution in [3.8, 4) is 0 Å². The number of rotatable bonds is 5. The highest BCUT2D eigenvalue weighted by atomic mass is 35.5. The minimum atomic E-state index is -0.571. The molecule has 2 heterocycles. The summed E-state index contributed by atoms with van der Waals surface area (Å²) in [5.41, 5.74) is 0.700. The standard InChI is InChI=1S/C19H25Cl2N3O2.ClH/c1-22-8-4-13-5-9-23(10-6-13)18(25)15-7-11-24(19(15)26)14-2-3-16(20)17(21)12-14;/h2-3,12-13,15,22H,4-11H2,1H3;1H. The number of hydrogen-bond donors (Lipinski definition) is 1. The summed E-state index contributed by atoms with van der Waals surface area (Å²) in [7, 11) is 1.96. The van der Waals surface area contributed by atoms with Gasteiger partial charge in [0.15, 0.2) is 0 Å². The third-order valence-corrected chi connectivity index (χ3v) is 6.19. The van der Waals surface area contributed by atoms with Crippen LogP contribution in [-0.2, 0) is 9.59 Å². The van der Waals surface area contributed by atoms with Crippen molar-refractivity contribution >= 4 is 53.1 Å². The van der Waals surface area contributed by atoms with Gasteiger partial charge in [0.05, 0.1) is 10.0 Å². The van der Waals surface area contributed by atoms with Crippen LogP contribution in [0.4, 0.5) is 5.69 Å². The van der Waals surface area contributed by atoms with Crippen molar-refractivity contribution in [2.75, 3.05) is 38.1 Å². The maximum absolute atomic E-state index is 12.8. The van der Waals surface area contributed by atoms with E-state index in [1.807, 2.05) is 11.9 Å². The number of nitrogens with zero attached hydrogens (tertiary/aromatic N) is 2. The summed E-state index contributed by atoms with van der Waals surface area (Å²) in [5.74, 6) is -0.0629. The Hall–Kier alpha value is -1.01. The van der Waals surface area contributed by atoms with E-state index in [0.29, 0.717) is 34.6 Å². The van der Waals surface area contributed by atoms with Gasteiger partial charge in [-0.2, -0.15) is 0 Å². The highest BCUT2D eigenvalue weighted by molar-refractivity contribution is 6.42. The van der Waals surface area contributed by atoms with E-state index in [0.717, 1.165) is 38.9 Å². The summed E-state index contributed by atoms with van der Waals surface area (Å²) >= 11 is 12.0. The van der Waals surface area contributed by atoms with E-state index >= 15 is 0 Å². The van der Waals surface area contributed by atoms with Gasteiger partial charge in [0.25, 0.3) is 0 Å². The molecule has 150 valence electrons. The Morgan fingerprint density at radius 2 is 1.85 bits per heavy atom. The summed E-state index contributed by atoms with van der Waals surface area (Å²) in [4.78, 5) is 29.1. The lowest BCUT2D eigenvalue weighted by Gasteiger charge is -2.33. The lowest BCUT2D eigenvalue weighted by atomic mass is 9.92. The molecule has 0 bridgehead atoms. The average Bonchev–Trinajstić information content (AvgIpc) is 3.03. The zero-order valence-corrected chi connectivity index (χ0v) is 17.7. The van der Waals surface area contributed by atoms with Crippen LogP contribution < -0.4 is 10.2 Å². The number of carbonyl (C=O) groups excluding carboxylic acids is 2. The van der Waals surface area contributed by atoms with Gasteiger partial charge in [-0.25, -0.2) is 0 Å². The van der Waals surface area contributed by atoms with Gasteiger partial charge in [-0.1, -0.05) is 23.2 Å². The lowest BCUT2D eigenvalue weighted by molar-refractivity contribution is -0.141. The minimum Gasteiger partial charge on any atom is -0.342 e. The van der Waals surface area contributed by atoms with Crippen molar-refractivity contribution in [2.45, 2.75) is 25.7 Å². The Kier molecular flexibility index (Phi) is 8.22. The van der Waals surface area contributed by atoms with E-state index in [9.17, 15) is 9.59 Å². The fourth-order valence-corrected chi connectivity index (χ4v) is 4.12. The molecule has 1 N–H and O–H groups in total. The summed E-state index contributed by atoms with van der Waals surface area (Å²) < 4.78 is 0. The molecule has 1 aromatic rings. The first-order valence-corrected chi connectivity index (χ1v) is 9.96. The maximum Gasteiger partial charge on any atom is 0.239 e. The van der Waals surface area contributed by atoms with Crippen molar-refractivity contribution in [2.24, 2.45) is 11.8 Å². The van der Waals surface area contributed by atoms with E-state index in [4.69, 9.17) is 23.2 Å². The van der Waals surface area contributed by atoms with Crippen LogP contribution in [0, 0.1) is 11.8 Å². The first-order chi connectivity index (χ1) is 12.5. The Labute approximate surface area is 176 Å². The Balaban J connectivity index is 0.00000261. The molecule has 27 heavy (non-hydrogen) atoms. The second kappa shape index (κ2) is 9.97. The SMILES string of the molecule is CNCCC1CCN(C(=O)C2CCN(c3ccc(Cl)c(Cl)c3)C2=O)CC1.Cl. The van der Waals surface area contributed by atoms with Crippen molar-refractivity contribution < 1.29 is 9.59 Å². The predicted molar refractivity (Wildman–Crippen MR) is 112 cm³/mol. The first-order valence-electron chi connectivity index (χ1n) is 9.21. The first kappa shape index (κ1) is 22.3. The van der Waals surface area contributed by atoms with Crippen LogP contribution in [-0.4, -0.2) is 49.9 Å². The van der Waals surface area contributed by atoms with Crippen LogP contribution in [0.1, 0.15) is 25.7 Å². The normalized spacial score (nSPS) is 20.7. The molecule has 5 nitrogen and oxygen atoms in total. The molecule has 1 aromatic carbocycles. The molecule has 0 saturated carbocycles. The van der Waals surface area contributed by atoms with Gasteiger partial charge in [-0.3, -0.25) is 9.59 Å². The quantitative estimate of drug-likeness (QED) is 0.720. The van der Waals surface area contributed by atoms with E-state index in [2.05, 4.69) is 5.32 Å². The molecule has 8 heteroatoms. The number of nitrogens with one attached hydrogen (secondary N) is 1. The minimum absolute atomic E-state index is 0. The topological polar surface area (TPSA) is 52.7 Å². The fourth-order valence-electron chi connectivity index (χ4n) is 3.83. The molecule has 0 radical (unpaired) electrons. The largest absolute Gasteiger partial charge is 0.342 e. The monoisotopic (exact) mass is 433 g/mol. The van der Waals surface area contributed by atoms with Crippen LogP contribution in [0.5, 0.6) is 0 Å². The van der Waals surface area contributed by atoms with E-state index in [1.54, 1.807) is 23.1 Å². The van der Waals surface area contributed by atoms with Crippen molar-refractivity contribution in [3.05, 3.63) is 28.2 Å². The molecule has 0 aliphatic carbocycles. The average molecular weight is 435 g/mol. The summed E-state index contributed by atoms with van der Waals surface area (Å²) in [6, 6.07) is 5.13. The molecular weight excluding hydrogens is 409 g/mol. The summed E-state index contributed by atoms with van der Waals surface area (Å²) in [6.07, 6.45) is 3.74. The third-order valence-electron chi connectivity index (χ3n) is 5.45. The molecule has 0 spiro atoms. The molecule has 2 fully saturated rings. The fraction of sp³-hybridized carbons (Fsp3) is 0.579. The Morgan fingerprint density at radius 1 is 1.15 bits per heavy atom. The molecule has 2 aliphatic heterocycles. The van der Waals surface area contributed by atoms with Crippen LogP contribution >= 0.6 is 35.6 Å². The molecular formula is C19H26Cl3N3O2. The second-order valence-corrected chi connectivity index (χ2v) is 7.90. The van der Waals surface area contributed by atoms with Gasteiger partial charge in [0.2, 0.25) is 11.8 Å². The number of benzene rings is 1. The van der Waals surface area contributed by atoms with Crippen LogP contribution in [0.15, 0.2) is 18.2 Å². The molecule has 1 atom stereocenters. The lowest BCUT2D eigenvalue weighted by Crippen LogP contribution is -2.44. The van der Waals surface area contributed by atoms with Gasteiger partial charge in [-0.15, -0.1) is 12.4 Å². The van der Waals surface area contributed by atoms with E-state index in [-0.39, 0.29) is 24.2 Å². The van der Waals surface area contributed by atoms with Crippen LogP contribution in [0.2, 0.25) is 10.0 Å². The zero-order chi connectivity index (χ0) is 18.7. The number of carbonyl (C=O) groups is 2. The molecule has 0 aromatic heterocycles. The van der Waals surface area contributed by atoms with Gasteiger partial charge >= 0.3 is 0 Å². The van der Waals surface area contributed by atoms with Crippen molar-refractivity contribution in [1.82, 2.24) is 10.2 Å². The smallest absolute Gasteiger partial charge is 0.239 e. The van der Waals surface area contributed by atoms with Crippen LogP contribution in [0.3, 0.4) is 0 Å². The van der Waals surface area contributed by atoms with Gasteiger partial charge < -0.3 is 15.1 Å². The van der Waals surface area contributed by atoms with Crippen LogP contribution in [0.25, 0.3) is 0 Å². The Bertz CT molecular complexity index is 678. The summed E-state index contributed by atoms with van der Waals surface area (Å²) in [5, 5.41) is 4.05. The third kappa shape index (κ3) is 5.08. The summed E-state index contributed by atoms with van der Waals surface area (Å²) in [6.45, 7) is 3.05.